The van der Waals surface area contributed by atoms with Gasteiger partial charge in [-0.15, -0.1) is 0 Å². The van der Waals surface area contributed by atoms with E-state index in [4.69, 9.17) is 11.5 Å². The van der Waals surface area contributed by atoms with Crippen LogP contribution in [0.5, 0.6) is 0 Å². The normalized spacial score (nSPS) is 22.6. The third kappa shape index (κ3) is 2.74. The Kier molecular flexibility index (Phi) is 3.92. The molecule has 0 aromatic carbocycles. The summed E-state index contributed by atoms with van der Waals surface area (Å²) in [5.41, 5.74) is 12.6. The van der Waals surface area contributed by atoms with Crippen molar-refractivity contribution < 1.29 is 9.59 Å². The fourth-order valence-electron chi connectivity index (χ4n) is 2.54. The van der Waals surface area contributed by atoms with Crippen LogP contribution in [0.2, 0.25) is 0 Å². The lowest BCUT2D eigenvalue weighted by atomic mass is 9.92. The summed E-state index contributed by atoms with van der Waals surface area (Å²) in [6.45, 7) is 4.11. The highest BCUT2D eigenvalue weighted by Gasteiger charge is 2.32. The van der Waals surface area contributed by atoms with Crippen molar-refractivity contribution in [2.24, 2.45) is 11.7 Å². The molecule has 2 unspecified atom stereocenters. The summed E-state index contributed by atoms with van der Waals surface area (Å²) in [6.07, 6.45) is 3.03. The molecular formula is C14H20N4O2. The number of nitrogen functional groups attached to an aromatic ring is 1. The van der Waals surface area contributed by atoms with Crippen molar-refractivity contribution in [2.45, 2.75) is 32.7 Å². The molecule has 2 rings (SSSR count). The summed E-state index contributed by atoms with van der Waals surface area (Å²) in [6, 6.07) is 1.71. The maximum absolute atomic E-state index is 12.6. The Labute approximate surface area is 118 Å². The maximum Gasteiger partial charge on any atom is 0.256 e. The largest absolute Gasteiger partial charge is 0.397 e. The number of carbonyl (C=O) groups is 2. The first kappa shape index (κ1) is 14.3. The average Bonchev–Trinajstić information content (AvgIpc) is 2.41. The Morgan fingerprint density at radius 2 is 2.10 bits per heavy atom. The fraction of sp³-hybridized carbons (Fsp3) is 0.500. The van der Waals surface area contributed by atoms with Crippen molar-refractivity contribution in [3.05, 3.63) is 23.5 Å². The number of aryl methyl sites for hydroxylation is 1. The third-order valence-corrected chi connectivity index (χ3v) is 3.88. The van der Waals surface area contributed by atoms with Crippen LogP contribution in [0.4, 0.5) is 5.69 Å². The smallest absolute Gasteiger partial charge is 0.256 e. The van der Waals surface area contributed by atoms with Gasteiger partial charge in [-0.25, -0.2) is 0 Å². The first-order valence-corrected chi connectivity index (χ1v) is 6.72. The molecule has 2 heterocycles. The number of carbonyl (C=O) groups excluding carboxylic acids is 2. The molecule has 1 aliphatic rings. The van der Waals surface area contributed by atoms with Gasteiger partial charge in [0.1, 0.15) is 0 Å². The summed E-state index contributed by atoms with van der Waals surface area (Å²) < 4.78 is 0. The second kappa shape index (κ2) is 5.48. The minimum atomic E-state index is -0.350. The number of likely N-dealkylation sites (tertiary alicyclic amines) is 1. The van der Waals surface area contributed by atoms with Crippen molar-refractivity contribution in [3.8, 4) is 0 Å². The highest BCUT2D eigenvalue weighted by atomic mass is 16.2. The molecule has 6 heteroatoms. The molecule has 0 spiro atoms. The van der Waals surface area contributed by atoms with Gasteiger partial charge < -0.3 is 16.4 Å². The van der Waals surface area contributed by atoms with Crippen molar-refractivity contribution in [2.75, 3.05) is 12.3 Å². The number of primary amides is 1. The quantitative estimate of drug-likeness (QED) is 0.829. The molecule has 1 saturated heterocycles. The number of hydrogen-bond acceptors (Lipinski definition) is 4. The van der Waals surface area contributed by atoms with Gasteiger partial charge in [-0.05, 0) is 32.8 Å². The zero-order valence-electron chi connectivity index (χ0n) is 11.8. The van der Waals surface area contributed by atoms with Crippen LogP contribution in [-0.2, 0) is 4.79 Å². The molecule has 4 N–H and O–H groups in total. The SMILES string of the molecule is Cc1ncc(N)cc1C(=O)N1CC(C(N)=O)CCC1C. The number of anilines is 1. The van der Waals surface area contributed by atoms with Crippen LogP contribution < -0.4 is 11.5 Å². The van der Waals surface area contributed by atoms with E-state index in [0.29, 0.717) is 23.5 Å². The van der Waals surface area contributed by atoms with Gasteiger partial charge >= 0.3 is 0 Å². The lowest BCUT2D eigenvalue weighted by Gasteiger charge is -2.37. The molecule has 20 heavy (non-hydrogen) atoms. The van der Waals surface area contributed by atoms with E-state index in [1.807, 2.05) is 6.92 Å². The average molecular weight is 276 g/mol. The Morgan fingerprint density at radius 3 is 2.75 bits per heavy atom. The number of nitrogens with two attached hydrogens (primary N) is 2. The highest BCUT2D eigenvalue weighted by Crippen LogP contribution is 2.24. The fourth-order valence-corrected chi connectivity index (χ4v) is 2.54. The van der Waals surface area contributed by atoms with Crippen LogP contribution in [0.1, 0.15) is 35.8 Å². The molecule has 2 atom stereocenters. The minimum Gasteiger partial charge on any atom is -0.397 e. The Bertz CT molecular complexity index is 544. The van der Waals surface area contributed by atoms with E-state index in [2.05, 4.69) is 4.98 Å². The Morgan fingerprint density at radius 1 is 1.40 bits per heavy atom. The maximum atomic E-state index is 12.6. The summed E-state index contributed by atoms with van der Waals surface area (Å²) in [5, 5.41) is 0. The predicted molar refractivity (Wildman–Crippen MR) is 75.8 cm³/mol. The van der Waals surface area contributed by atoms with Crippen molar-refractivity contribution in [1.29, 1.82) is 0 Å². The van der Waals surface area contributed by atoms with Crippen LogP contribution in [0.3, 0.4) is 0 Å². The summed E-state index contributed by atoms with van der Waals surface area (Å²) >= 11 is 0. The van der Waals surface area contributed by atoms with Gasteiger partial charge in [0.15, 0.2) is 0 Å². The van der Waals surface area contributed by atoms with Gasteiger partial charge in [0.05, 0.1) is 29.1 Å². The minimum absolute atomic E-state index is 0.0823. The van der Waals surface area contributed by atoms with Gasteiger partial charge in [-0.1, -0.05) is 0 Å². The molecule has 2 amide bonds. The van der Waals surface area contributed by atoms with Gasteiger partial charge in [0, 0.05) is 12.6 Å². The van der Waals surface area contributed by atoms with E-state index in [9.17, 15) is 9.59 Å². The van der Waals surface area contributed by atoms with Gasteiger partial charge in [0.2, 0.25) is 5.91 Å². The number of pyridine rings is 1. The second-order valence-corrected chi connectivity index (χ2v) is 5.38. The number of piperidine rings is 1. The van der Waals surface area contributed by atoms with Gasteiger partial charge in [-0.3, -0.25) is 14.6 Å². The van der Waals surface area contributed by atoms with E-state index in [0.717, 1.165) is 12.8 Å². The summed E-state index contributed by atoms with van der Waals surface area (Å²) in [4.78, 5) is 29.8. The van der Waals surface area contributed by atoms with Crippen molar-refractivity contribution in [3.63, 3.8) is 0 Å². The lowest BCUT2D eigenvalue weighted by Crippen LogP contribution is -2.48. The van der Waals surface area contributed by atoms with E-state index in [1.54, 1.807) is 17.9 Å². The number of hydrogen-bond donors (Lipinski definition) is 2. The topological polar surface area (TPSA) is 102 Å². The highest BCUT2D eigenvalue weighted by molar-refractivity contribution is 5.96. The first-order valence-electron chi connectivity index (χ1n) is 6.72. The molecule has 1 aromatic heterocycles. The molecule has 0 aliphatic carbocycles. The van der Waals surface area contributed by atoms with E-state index in [1.165, 1.54) is 6.20 Å². The van der Waals surface area contributed by atoms with Crippen molar-refractivity contribution in [1.82, 2.24) is 9.88 Å². The first-order chi connectivity index (χ1) is 9.40. The summed E-state index contributed by atoms with van der Waals surface area (Å²) in [7, 11) is 0. The molecule has 1 aromatic rings. The third-order valence-electron chi connectivity index (χ3n) is 3.88. The molecule has 1 fully saturated rings. The van der Waals surface area contributed by atoms with E-state index >= 15 is 0 Å². The summed E-state index contributed by atoms with van der Waals surface area (Å²) in [5.74, 6) is -0.762. The number of aromatic nitrogens is 1. The molecule has 1 aliphatic heterocycles. The molecule has 108 valence electrons. The molecule has 0 radical (unpaired) electrons. The van der Waals surface area contributed by atoms with Crippen LogP contribution in [-0.4, -0.2) is 34.3 Å². The Balaban J connectivity index is 2.26. The van der Waals surface area contributed by atoms with Gasteiger partial charge in [-0.2, -0.15) is 0 Å². The molecule has 0 saturated carbocycles. The Hall–Kier alpha value is -2.11. The molecule has 0 bridgehead atoms. The molecule has 6 nitrogen and oxygen atoms in total. The number of amides is 2. The van der Waals surface area contributed by atoms with E-state index < -0.39 is 0 Å². The standard InChI is InChI=1S/C14H20N4O2/c1-8-3-4-10(13(16)19)7-18(8)14(20)12-5-11(15)6-17-9(12)2/h5-6,8,10H,3-4,7,15H2,1-2H3,(H2,16,19). The zero-order chi connectivity index (χ0) is 14.9. The van der Waals surface area contributed by atoms with Crippen LogP contribution in [0.25, 0.3) is 0 Å². The second-order valence-electron chi connectivity index (χ2n) is 5.38. The number of rotatable bonds is 2. The van der Waals surface area contributed by atoms with E-state index in [-0.39, 0.29) is 23.8 Å². The lowest BCUT2D eigenvalue weighted by molar-refractivity contribution is -0.123. The van der Waals surface area contributed by atoms with Gasteiger partial charge in [0.25, 0.3) is 5.91 Å². The predicted octanol–water partition coefficient (Wildman–Crippen LogP) is 0.698. The van der Waals surface area contributed by atoms with Crippen LogP contribution in [0.15, 0.2) is 12.3 Å². The number of nitrogens with zero attached hydrogens (tertiary/aromatic N) is 2. The monoisotopic (exact) mass is 276 g/mol. The van der Waals surface area contributed by atoms with Crippen LogP contribution in [0, 0.1) is 12.8 Å². The van der Waals surface area contributed by atoms with Crippen molar-refractivity contribution >= 4 is 17.5 Å². The molecular weight excluding hydrogens is 256 g/mol. The van der Waals surface area contributed by atoms with Crippen LogP contribution >= 0.6 is 0 Å². The zero-order valence-corrected chi connectivity index (χ0v) is 11.8.